The number of anilines is 1. The van der Waals surface area contributed by atoms with Crippen LogP contribution in [0.2, 0.25) is 0 Å². The van der Waals surface area contributed by atoms with Gasteiger partial charge in [-0.3, -0.25) is 9.36 Å². The number of fused-ring (bicyclic) bond motifs is 3. The Morgan fingerprint density at radius 2 is 2.02 bits per heavy atom. The molecule has 7 rings (SSSR count). The molecule has 1 aromatic heterocycles. The van der Waals surface area contributed by atoms with Crippen LogP contribution in [0.3, 0.4) is 0 Å². The van der Waals surface area contributed by atoms with Gasteiger partial charge in [-0.25, -0.2) is 19.2 Å². The number of ether oxygens (including phenoxy) is 2. The van der Waals surface area contributed by atoms with Crippen LogP contribution in [0.4, 0.5) is 10.1 Å². The van der Waals surface area contributed by atoms with Crippen molar-refractivity contribution in [1.82, 2.24) is 14.5 Å². The van der Waals surface area contributed by atoms with E-state index >= 15 is 0 Å². The summed E-state index contributed by atoms with van der Waals surface area (Å²) < 4.78 is 26.4. The highest BCUT2D eigenvalue weighted by molar-refractivity contribution is 5.98. The molecule has 1 saturated heterocycles. The Morgan fingerprint density at radius 1 is 1.22 bits per heavy atom. The Bertz CT molecular complexity index is 1710. The number of guanidine groups is 1. The number of benzene rings is 2. The number of methoxy groups -OCH3 is 1. The fraction of sp³-hybridized carbons (Fsp3) is 0.543. The number of carbonyl (C=O) groups excluding carboxylic acids is 1. The SMILES string of the molecule is CCOC(=O)[C@@H]1[C@@H](O)CCN1C(=NC1C[C@@H]2C[C@H]([C@@H]1C)C2(C)C)Nc1ccc2c(=O)n(CCc3ccc(OC)cc3F)cnc2c1. The Morgan fingerprint density at radius 3 is 2.72 bits per heavy atom. The summed E-state index contributed by atoms with van der Waals surface area (Å²) in [6.07, 6.45) is 3.54. The van der Waals surface area contributed by atoms with Gasteiger partial charge in [-0.15, -0.1) is 0 Å². The summed E-state index contributed by atoms with van der Waals surface area (Å²) in [4.78, 5) is 38.0. The predicted octanol–water partition coefficient (Wildman–Crippen LogP) is 4.62. The fourth-order valence-electron chi connectivity index (χ4n) is 7.78. The summed E-state index contributed by atoms with van der Waals surface area (Å²) in [5.74, 6) is 1.65. The van der Waals surface area contributed by atoms with Crippen molar-refractivity contribution in [3.05, 3.63) is 64.5 Å². The van der Waals surface area contributed by atoms with Crippen LogP contribution >= 0.6 is 0 Å². The number of rotatable bonds is 8. The summed E-state index contributed by atoms with van der Waals surface area (Å²) in [5.41, 5.74) is 1.73. The van der Waals surface area contributed by atoms with Crippen molar-refractivity contribution in [2.45, 2.75) is 78.1 Å². The maximum absolute atomic E-state index is 14.5. The van der Waals surface area contributed by atoms with E-state index in [1.54, 1.807) is 37.3 Å². The second kappa shape index (κ2) is 12.7. The molecule has 0 amide bonds. The number of hydrogen-bond acceptors (Lipinski definition) is 7. The molecule has 3 aliphatic carbocycles. The van der Waals surface area contributed by atoms with Gasteiger partial charge >= 0.3 is 5.97 Å². The van der Waals surface area contributed by atoms with Crippen molar-refractivity contribution < 1.29 is 23.8 Å². The summed E-state index contributed by atoms with van der Waals surface area (Å²) in [5, 5.41) is 14.7. The molecule has 6 atom stereocenters. The van der Waals surface area contributed by atoms with E-state index in [1.165, 1.54) is 30.5 Å². The number of halogens is 1. The molecule has 2 bridgehead atoms. The molecular formula is C35H44FN5O5. The van der Waals surface area contributed by atoms with E-state index in [9.17, 15) is 19.1 Å². The summed E-state index contributed by atoms with van der Waals surface area (Å²) >= 11 is 0. The van der Waals surface area contributed by atoms with Crippen LogP contribution < -0.4 is 15.6 Å². The summed E-state index contributed by atoms with van der Waals surface area (Å²) in [7, 11) is 1.49. The van der Waals surface area contributed by atoms with Crippen LogP contribution in [-0.4, -0.2) is 69.9 Å². The van der Waals surface area contributed by atoms with Gasteiger partial charge in [0.2, 0.25) is 0 Å². The normalized spacial score (nSPS) is 26.9. The number of aromatic nitrogens is 2. The van der Waals surface area contributed by atoms with Crippen LogP contribution in [0.1, 0.15) is 52.5 Å². The lowest BCUT2D eigenvalue weighted by atomic mass is 9.45. The number of aliphatic imine (C=N–C) groups is 1. The van der Waals surface area contributed by atoms with Gasteiger partial charge in [0.1, 0.15) is 11.6 Å². The lowest BCUT2D eigenvalue weighted by molar-refractivity contribution is -0.149. The van der Waals surface area contributed by atoms with E-state index in [1.807, 2.05) is 4.90 Å². The van der Waals surface area contributed by atoms with Gasteiger partial charge in [-0.1, -0.05) is 26.8 Å². The van der Waals surface area contributed by atoms with Crippen LogP contribution in [0, 0.1) is 29.0 Å². The van der Waals surface area contributed by atoms with Crippen molar-refractivity contribution in [3.8, 4) is 5.75 Å². The van der Waals surface area contributed by atoms with Crippen LogP contribution in [0.15, 0.2) is 52.5 Å². The molecule has 246 valence electrons. The van der Waals surface area contributed by atoms with Crippen LogP contribution in [0.5, 0.6) is 5.75 Å². The van der Waals surface area contributed by atoms with E-state index in [0.717, 1.165) is 6.42 Å². The molecule has 0 spiro atoms. The molecule has 0 radical (unpaired) electrons. The fourth-order valence-corrected chi connectivity index (χ4v) is 7.78. The minimum absolute atomic E-state index is 0.0705. The molecule has 1 unspecified atom stereocenters. The molecule has 3 saturated carbocycles. The number of carbonyl (C=O) groups is 1. The maximum atomic E-state index is 14.5. The van der Waals surface area contributed by atoms with E-state index in [4.69, 9.17) is 14.5 Å². The quantitative estimate of drug-likeness (QED) is 0.210. The Labute approximate surface area is 268 Å². The highest BCUT2D eigenvalue weighted by atomic mass is 19.1. The number of aliphatic hydroxyl groups excluding tert-OH is 1. The van der Waals surface area contributed by atoms with Crippen molar-refractivity contribution >= 4 is 28.5 Å². The zero-order valence-corrected chi connectivity index (χ0v) is 27.2. The Kier molecular flexibility index (Phi) is 8.80. The van der Waals surface area contributed by atoms with Gasteiger partial charge in [-0.05, 0) is 85.6 Å². The highest BCUT2D eigenvalue weighted by Gasteiger charge is 2.56. The van der Waals surface area contributed by atoms with Crippen molar-refractivity contribution in [1.29, 1.82) is 0 Å². The molecule has 4 aliphatic rings. The van der Waals surface area contributed by atoms with E-state index in [0.29, 0.717) is 76.4 Å². The smallest absolute Gasteiger partial charge is 0.331 e. The lowest BCUT2D eigenvalue weighted by Crippen LogP contribution is -2.57. The van der Waals surface area contributed by atoms with E-state index in [2.05, 4.69) is 31.1 Å². The minimum atomic E-state index is -0.870. The van der Waals surface area contributed by atoms with Crippen LogP contribution in [-0.2, 0) is 22.5 Å². The largest absolute Gasteiger partial charge is 0.497 e. The molecule has 2 aromatic carbocycles. The third-order valence-electron chi connectivity index (χ3n) is 10.7. The average molecular weight is 634 g/mol. The van der Waals surface area contributed by atoms with Gasteiger partial charge < -0.3 is 24.8 Å². The second-order valence-electron chi connectivity index (χ2n) is 13.5. The van der Waals surface area contributed by atoms with Gasteiger partial charge in [0.05, 0.1) is 43.1 Å². The molecule has 46 heavy (non-hydrogen) atoms. The van der Waals surface area contributed by atoms with E-state index in [-0.39, 0.29) is 30.6 Å². The average Bonchev–Trinajstić information content (AvgIpc) is 3.42. The first kappa shape index (κ1) is 32.0. The van der Waals surface area contributed by atoms with Crippen molar-refractivity contribution in [3.63, 3.8) is 0 Å². The van der Waals surface area contributed by atoms with Gasteiger partial charge in [0, 0.05) is 24.8 Å². The predicted molar refractivity (Wildman–Crippen MR) is 174 cm³/mol. The third kappa shape index (κ3) is 5.85. The molecular weight excluding hydrogens is 589 g/mol. The first-order valence-electron chi connectivity index (χ1n) is 16.3. The monoisotopic (exact) mass is 633 g/mol. The number of nitrogens with one attached hydrogen (secondary N) is 1. The van der Waals surface area contributed by atoms with Gasteiger partial charge in [0.15, 0.2) is 12.0 Å². The maximum Gasteiger partial charge on any atom is 0.331 e. The molecule has 2 heterocycles. The number of nitrogens with zero attached hydrogens (tertiary/aromatic N) is 4. The number of aryl methyl sites for hydroxylation is 2. The molecule has 10 nitrogen and oxygen atoms in total. The third-order valence-corrected chi connectivity index (χ3v) is 10.7. The Hall–Kier alpha value is -3.99. The zero-order chi connectivity index (χ0) is 32.7. The number of likely N-dealkylation sites (tertiary alicyclic amines) is 1. The molecule has 11 heteroatoms. The van der Waals surface area contributed by atoms with Gasteiger partial charge in [-0.2, -0.15) is 0 Å². The summed E-state index contributed by atoms with van der Waals surface area (Å²) in [6, 6.07) is 9.20. The lowest BCUT2D eigenvalue weighted by Gasteiger charge is -2.61. The van der Waals surface area contributed by atoms with Crippen molar-refractivity contribution in [2.75, 3.05) is 25.6 Å². The molecule has 1 aliphatic heterocycles. The highest BCUT2D eigenvalue weighted by Crippen LogP contribution is 2.61. The van der Waals surface area contributed by atoms with Gasteiger partial charge in [0.25, 0.3) is 5.56 Å². The first-order valence-corrected chi connectivity index (χ1v) is 16.3. The molecule has 2 N–H and O–H groups in total. The van der Waals surface area contributed by atoms with Crippen LogP contribution in [0.25, 0.3) is 10.9 Å². The zero-order valence-electron chi connectivity index (χ0n) is 27.2. The Balaban J connectivity index is 1.27. The van der Waals surface area contributed by atoms with E-state index < -0.39 is 18.1 Å². The minimum Gasteiger partial charge on any atom is -0.497 e. The second-order valence-corrected chi connectivity index (χ2v) is 13.5. The standard InChI is InChI=1S/C35H44FN5O5/c1-6-46-33(44)31-30(42)12-14-41(31)34(39-28-16-22-15-26(20(28)2)35(22,3)4)38-23-8-10-25-29(17-23)37-19-40(32(25)43)13-11-21-7-9-24(45-5)18-27(21)36/h7-10,17-20,22,26,28,30-31,42H,6,11-16H2,1-5H3,(H,38,39)/t20-,22-,26+,28?,30-,31-/m0/s1. The molecule has 3 aromatic rings. The summed E-state index contributed by atoms with van der Waals surface area (Å²) in [6.45, 7) is 9.65. The number of hydrogen-bond donors (Lipinski definition) is 2. The number of esters is 1. The number of aliphatic hydroxyl groups is 1. The topological polar surface area (TPSA) is 118 Å². The molecule has 4 fully saturated rings. The first-order chi connectivity index (χ1) is 22.0. The van der Waals surface area contributed by atoms with Crippen molar-refractivity contribution in [2.24, 2.45) is 28.2 Å².